The second-order valence-electron chi connectivity index (χ2n) is 5.89. The average Bonchev–Trinajstić information content (AvgIpc) is 2.96. The van der Waals surface area contributed by atoms with Crippen molar-refractivity contribution in [3.63, 3.8) is 0 Å². The van der Waals surface area contributed by atoms with Gasteiger partial charge in [-0.15, -0.1) is 11.3 Å². The molecule has 0 saturated carbocycles. The predicted molar refractivity (Wildman–Crippen MR) is 82.2 cm³/mol. The number of piperidine rings is 3. The fraction of sp³-hybridized carbons (Fsp3) is 0.438. The maximum Gasteiger partial charge on any atom is 0.251 e. The lowest BCUT2D eigenvalue weighted by atomic mass is 9.84. The van der Waals surface area contributed by atoms with E-state index < -0.39 is 0 Å². The number of thiophene rings is 1. The topological polar surface area (TPSA) is 32.3 Å². The van der Waals surface area contributed by atoms with Crippen molar-refractivity contribution in [1.29, 1.82) is 0 Å². The van der Waals surface area contributed by atoms with Crippen molar-refractivity contribution in [2.45, 2.75) is 18.9 Å². The summed E-state index contributed by atoms with van der Waals surface area (Å²) in [4.78, 5) is 14.9. The van der Waals surface area contributed by atoms with Gasteiger partial charge in [0, 0.05) is 22.8 Å². The predicted octanol–water partition coefficient (Wildman–Crippen LogP) is 2.73. The second-order valence-corrected chi connectivity index (χ2v) is 6.84. The van der Waals surface area contributed by atoms with Crippen molar-refractivity contribution in [2.24, 2.45) is 5.92 Å². The van der Waals surface area contributed by atoms with Gasteiger partial charge in [0.25, 0.3) is 5.91 Å². The van der Waals surface area contributed by atoms with E-state index in [2.05, 4.69) is 21.7 Å². The van der Waals surface area contributed by atoms with E-state index in [0.717, 1.165) is 17.5 Å². The van der Waals surface area contributed by atoms with E-state index in [9.17, 15) is 4.79 Å². The Morgan fingerprint density at radius 1 is 1.25 bits per heavy atom. The van der Waals surface area contributed by atoms with Crippen molar-refractivity contribution in [2.75, 3.05) is 19.6 Å². The minimum absolute atomic E-state index is 0.0804. The molecule has 4 heterocycles. The van der Waals surface area contributed by atoms with E-state index in [1.54, 1.807) is 11.3 Å². The van der Waals surface area contributed by atoms with Gasteiger partial charge in [0.15, 0.2) is 0 Å². The molecule has 5 rings (SSSR count). The highest BCUT2D eigenvalue weighted by Gasteiger charge is 2.34. The third-order valence-corrected chi connectivity index (χ3v) is 5.59. The minimum atomic E-state index is 0.0804. The summed E-state index contributed by atoms with van der Waals surface area (Å²) in [5.74, 6) is 0.755. The van der Waals surface area contributed by atoms with E-state index in [1.165, 1.54) is 30.6 Å². The molecule has 0 spiro atoms. The fourth-order valence-corrected chi connectivity index (χ4v) is 4.26. The number of amides is 1. The maximum atomic E-state index is 12.4. The highest BCUT2D eigenvalue weighted by molar-refractivity contribution is 7.17. The van der Waals surface area contributed by atoms with Crippen LogP contribution in [0.3, 0.4) is 0 Å². The molecule has 1 aromatic carbocycles. The number of nitrogens with zero attached hydrogens (tertiary/aromatic N) is 1. The molecule has 1 N–H and O–H groups in total. The average molecular weight is 286 g/mol. The zero-order valence-electron chi connectivity index (χ0n) is 11.3. The van der Waals surface area contributed by atoms with E-state index in [1.807, 2.05) is 18.2 Å². The van der Waals surface area contributed by atoms with Crippen LogP contribution in [-0.2, 0) is 0 Å². The first-order chi connectivity index (χ1) is 9.79. The third kappa shape index (κ3) is 2.13. The monoisotopic (exact) mass is 286 g/mol. The molecule has 2 bridgehead atoms. The molecular weight excluding hydrogens is 268 g/mol. The lowest BCUT2D eigenvalue weighted by molar-refractivity contribution is 0.0620. The molecule has 3 aliphatic rings. The third-order valence-electron chi connectivity index (χ3n) is 4.69. The first-order valence-corrected chi connectivity index (χ1v) is 8.18. The van der Waals surface area contributed by atoms with Gasteiger partial charge in [-0.05, 0) is 66.9 Å². The zero-order chi connectivity index (χ0) is 13.5. The molecule has 4 heteroatoms. The van der Waals surface area contributed by atoms with Crippen LogP contribution in [0, 0.1) is 5.92 Å². The number of fused-ring (bicyclic) bond motifs is 4. The molecule has 0 aliphatic carbocycles. The van der Waals surface area contributed by atoms with E-state index in [4.69, 9.17) is 0 Å². The van der Waals surface area contributed by atoms with Gasteiger partial charge in [-0.2, -0.15) is 0 Å². The molecule has 3 aliphatic heterocycles. The molecule has 0 radical (unpaired) electrons. The van der Waals surface area contributed by atoms with Gasteiger partial charge in [-0.3, -0.25) is 4.79 Å². The first-order valence-electron chi connectivity index (χ1n) is 7.30. The van der Waals surface area contributed by atoms with Crippen molar-refractivity contribution in [3.05, 3.63) is 35.2 Å². The number of nitrogens with one attached hydrogen (secondary N) is 1. The van der Waals surface area contributed by atoms with Crippen LogP contribution in [0.5, 0.6) is 0 Å². The van der Waals surface area contributed by atoms with Gasteiger partial charge in [0.05, 0.1) is 0 Å². The quantitative estimate of drug-likeness (QED) is 0.920. The van der Waals surface area contributed by atoms with E-state index in [0.29, 0.717) is 12.0 Å². The number of rotatable bonds is 2. The van der Waals surface area contributed by atoms with Crippen LogP contribution in [0.4, 0.5) is 0 Å². The van der Waals surface area contributed by atoms with Crippen LogP contribution in [-0.4, -0.2) is 36.5 Å². The van der Waals surface area contributed by atoms with Gasteiger partial charge >= 0.3 is 0 Å². The Hall–Kier alpha value is -1.39. The Balaban J connectivity index is 1.52. The van der Waals surface area contributed by atoms with Crippen LogP contribution in [0.25, 0.3) is 10.1 Å². The number of hydrogen-bond donors (Lipinski definition) is 1. The standard InChI is InChI=1S/C16H18N2OS/c19-16(13-1-2-15-12(9-13)5-8-20-15)17-14-10-18-6-3-11(14)4-7-18/h1-2,5,8-9,11,14H,3-4,6-7,10H2,(H,17,19)/t14-/m1/s1. The molecule has 104 valence electrons. The lowest BCUT2D eigenvalue weighted by Gasteiger charge is -2.44. The van der Waals surface area contributed by atoms with Gasteiger partial charge in [-0.1, -0.05) is 0 Å². The Morgan fingerprint density at radius 3 is 2.85 bits per heavy atom. The van der Waals surface area contributed by atoms with Crippen LogP contribution in [0.15, 0.2) is 29.6 Å². The van der Waals surface area contributed by atoms with Crippen molar-refractivity contribution < 1.29 is 4.79 Å². The fourth-order valence-electron chi connectivity index (χ4n) is 3.49. The summed E-state index contributed by atoms with van der Waals surface area (Å²) in [5, 5.41) is 6.48. The van der Waals surface area contributed by atoms with Gasteiger partial charge in [0.2, 0.25) is 0 Å². The summed E-state index contributed by atoms with van der Waals surface area (Å²) in [6.07, 6.45) is 2.46. The normalized spacial score (nSPS) is 28.7. The Kier molecular flexibility index (Phi) is 3.00. The highest BCUT2D eigenvalue weighted by Crippen LogP contribution is 2.28. The van der Waals surface area contributed by atoms with E-state index in [-0.39, 0.29) is 5.91 Å². The molecule has 2 aromatic rings. The highest BCUT2D eigenvalue weighted by atomic mass is 32.1. The second kappa shape index (κ2) is 4.86. The molecule has 3 nitrogen and oxygen atoms in total. The molecule has 3 saturated heterocycles. The Bertz CT molecular complexity index is 643. The van der Waals surface area contributed by atoms with Gasteiger partial charge in [-0.25, -0.2) is 0 Å². The zero-order valence-corrected chi connectivity index (χ0v) is 12.2. The summed E-state index contributed by atoms with van der Waals surface area (Å²) in [6.45, 7) is 3.44. The van der Waals surface area contributed by atoms with Crippen molar-refractivity contribution in [3.8, 4) is 0 Å². The van der Waals surface area contributed by atoms with Crippen LogP contribution in [0.1, 0.15) is 23.2 Å². The number of benzene rings is 1. The smallest absolute Gasteiger partial charge is 0.251 e. The maximum absolute atomic E-state index is 12.4. The van der Waals surface area contributed by atoms with Gasteiger partial charge in [0.1, 0.15) is 0 Å². The van der Waals surface area contributed by atoms with Crippen LogP contribution < -0.4 is 5.32 Å². The number of carbonyl (C=O) groups is 1. The molecule has 1 atom stereocenters. The summed E-state index contributed by atoms with van der Waals surface area (Å²) in [5.41, 5.74) is 0.785. The molecule has 3 fully saturated rings. The Morgan fingerprint density at radius 2 is 2.10 bits per heavy atom. The minimum Gasteiger partial charge on any atom is -0.348 e. The van der Waals surface area contributed by atoms with Crippen molar-refractivity contribution in [1.82, 2.24) is 10.2 Å². The molecule has 20 heavy (non-hydrogen) atoms. The largest absolute Gasteiger partial charge is 0.348 e. The first kappa shape index (κ1) is 12.4. The lowest BCUT2D eigenvalue weighted by Crippen LogP contribution is -2.57. The SMILES string of the molecule is O=C(N[C@@H]1CN2CCC1CC2)c1ccc2sccc2c1. The van der Waals surface area contributed by atoms with Gasteiger partial charge < -0.3 is 10.2 Å². The summed E-state index contributed by atoms with van der Waals surface area (Å²) < 4.78 is 1.24. The number of carbonyl (C=O) groups excluding carboxylic acids is 1. The van der Waals surface area contributed by atoms with Crippen LogP contribution >= 0.6 is 11.3 Å². The van der Waals surface area contributed by atoms with Crippen molar-refractivity contribution >= 4 is 27.3 Å². The summed E-state index contributed by atoms with van der Waals surface area (Å²) >= 11 is 1.71. The van der Waals surface area contributed by atoms with Crippen LogP contribution in [0.2, 0.25) is 0 Å². The number of hydrogen-bond acceptors (Lipinski definition) is 3. The molecule has 0 unspecified atom stereocenters. The Labute approximate surface area is 122 Å². The van der Waals surface area contributed by atoms with E-state index >= 15 is 0 Å². The molecular formula is C16H18N2OS. The molecule has 1 aromatic heterocycles. The summed E-state index contributed by atoms with van der Waals surface area (Å²) in [6, 6.07) is 8.40. The molecule has 1 amide bonds. The summed E-state index contributed by atoms with van der Waals surface area (Å²) in [7, 11) is 0.